The number of carbonyl (C=O) groups is 1. The first kappa shape index (κ1) is 18.4. The number of aliphatic hydroxyl groups is 1. The topological polar surface area (TPSA) is 98.9 Å². The van der Waals surface area contributed by atoms with Crippen molar-refractivity contribution in [3.63, 3.8) is 0 Å². The van der Waals surface area contributed by atoms with Crippen LogP contribution in [0.3, 0.4) is 0 Å². The van der Waals surface area contributed by atoms with Gasteiger partial charge in [-0.05, 0) is 19.1 Å². The lowest BCUT2D eigenvalue weighted by Crippen LogP contribution is -2.49. The second kappa shape index (κ2) is 7.89. The van der Waals surface area contributed by atoms with Gasteiger partial charge in [0.2, 0.25) is 5.88 Å². The summed E-state index contributed by atoms with van der Waals surface area (Å²) in [7, 11) is 0. The quantitative estimate of drug-likeness (QED) is 0.808. The molecule has 8 heteroatoms. The number of likely N-dealkylation sites (tertiary alicyclic amines) is 1. The number of nitriles is 1. The SMILES string of the molecule is CCN1CC2(CCN(CC(O)COc3ncccc3C#N)CC2)OC1=O. The fraction of sp³-hybridized carbons (Fsp3) is 0.611. The molecule has 1 amide bonds. The zero-order chi connectivity index (χ0) is 18.6. The normalized spacial score (nSPS) is 20.7. The summed E-state index contributed by atoms with van der Waals surface area (Å²) < 4.78 is 11.1. The van der Waals surface area contributed by atoms with Crippen molar-refractivity contribution in [2.24, 2.45) is 0 Å². The van der Waals surface area contributed by atoms with Crippen LogP contribution in [-0.4, -0.2) is 77.0 Å². The molecule has 0 aromatic carbocycles. The van der Waals surface area contributed by atoms with Gasteiger partial charge in [-0.1, -0.05) is 0 Å². The number of rotatable bonds is 6. The van der Waals surface area contributed by atoms with Crippen LogP contribution in [0, 0.1) is 11.3 Å². The molecule has 1 atom stereocenters. The molecule has 1 unspecified atom stereocenters. The Bertz CT molecular complexity index is 682. The van der Waals surface area contributed by atoms with Crippen LogP contribution in [-0.2, 0) is 4.74 Å². The largest absolute Gasteiger partial charge is 0.474 e. The van der Waals surface area contributed by atoms with Gasteiger partial charge in [0.05, 0.1) is 6.54 Å². The zero-order valence-corrected chi connectivity index (χ0v) is 14.9. The van der Waals surface area contributed by atoms with Gasteiger partial charge in [-0.25, -0.2) is 9.78 Å². The van der Waals surface area contributed by atoms with Crippen molar-refractivity contribution >= 4 is 6.09 Å². The molecule has 0 aliphatic carbocycles. The highest BCUT2D eigenvalue weighted by Gasteiger charge is 2.46. The van der Waals surface area contributed by atoms with Gasteiger partial charge in [0.1, 0.15) is 29.9 Å². The van der Waals surface area contributed by atoms with E-state index in [0.29, 0.717) is 25.2 Å². The fourth-order valence-corrected chi connectivity index (χ4v) is 3.46. The number of aliphatic hydroxyl groups excluding tert-OH is 1. The molecule has 3 heterocycles. The van der Waals surface area contributed by atoms with E-state index in [1.807, 2.05) is 13.0 Å². The number of pyridine rings is 1. The van der Waals surface area contributed by atoms with Crippen molar-refractivity contribution in [3.8, 4) is 11.9 Å². The Morgan fingerprint density at radius 2 is 2.27 bits per heavy atom. The minimum absolute atomic E-state index is 0.0753. The summed E-state index contributed by atoms with van der Waals surface area (Å²) in [4.78, 5) is 19.7. The van der Waals surface area contributed by atoms with Crippen molar-refractivity contribution in [3.05, 3.63) is 23.9 Å². The Morgan fingerprint density at radius 3 is 2.92 bits per heavy atom. The maximum atomic E-state index is 11.8. The average Bonchev–Trinajstić information content (AvgIpc) is 2.97. The van der Waals surface area contributed by atoms with E-state index in [1.165, 1.54) is 0 Å². The summed E-state index contributed by atoms with van der Waals surface area (Å²) >= 11 is 0. The van der Waals surface area contributed by atoms with Crippen molar-refractivity contribution in [1.29, 1.82) is 5.26 Å². The molecule has 1 N–H and O–H groups in total. The predicted octanol–water partition coefficient (Wildman–Crippen LogP) is 1.000. The first-order valence-corrected chi connectivity index (χ1v) is 8.91. The number of ether oxygens (including phenoxy) is 2. The molecule has 2 fully saturated rings. The van der Waals surface area contributed by atoms with Crippen molar-refractivity contribution in [2.45, 2.75) is 31.5 Å². The zero-order valence-electron chi connectivity index (χ0n) is 14.9. The van der Waals surface area contributed by atoms with E-state index in [0.717, 1.165) is 25.9 Å². The lowest BCUT2D eigenvalue weighted by molar-refractivity contribution is -0.0146. The second-order valence-corrected chi connectivity index (χ2v) is 6.80. The summed E-state index contributed by atoms with van der Waals surface area (Å²) in [5.41, 5.74) is -0.0242. The van der Waals surface area contributed by atoms with E-state index in [-0.39, 0.29) is 24.2 Å². The van der Waals surface area contributed by atoms with Crippen LogP contribution in [0.15, 0.2) is 18.3 Å². The minimum Gasteiger partial charge on any atom is -0.474 e. The molecule has 26 heavy (non-hydrogen) atoms. The van der Waals surface area contributed by atoms with Crippen LogP contribution in [0.1, 0.15) is 25.3 Å². The number of hydrogen-bond acceptors (Lipinski definition) is 7. The second-order valence-electron chi connectivity index (χ2n) is 6.80. The highest BCUT2D eigenvalue weighted by molar-refractivity contribution is 5.70. The molecule has 2 aliphatic heterocycles. The molecule has 0 saturated carbocycles. The molecule has 1 aromatic rings. The molecule has 1 aromatic heterocycles. The monoisotopic (exact) mass is 360 g/mol. The molecule has 2 aliphatic rings. The average molecular weight is 360 g/mol. The lowest BCUT2D eigenvalue weighted by Gasteiger charge is -2.38. The molecule has 0 radical (unpaired) electrons. The van der Waals surface area contributed by atoms with Gasteiger partial charge >= 0.3 is 6.09 Å². The minimum atomic E-state index is -0.684. The molecule has 3 rings (SSSR count). The number of hydrogen-bond donors (Lipinski definition) is 1. The van der Waals surface area contributed by atoms with Gasteiger partial charge in [-0.15, -0.1) is 0 Å². The molecule has 140 valence electrons. The fourth-order valence-electron chi connectivity index (χ4n) is 3.46. The molecular formula is C18H24N4O4. The lowest BCUT2D eigenvalue weighted by atomic mass is 9.91. The summed E-state index contributed by atoms with van der Waals surface area (Å²) in [6.45, 7) is 5.33. The van der Waals surface area contributed by atoms with Crippen molar-refractivity contribution in [2.75, 3.05) is 39.3 Å². The van der Waals surface area contributed by atoms with Crippen LogP contribution in [0.4, 0.5) is 4.79 Å². The maximum Gasteiger partial charge on any atom is 0.410 e. The van der Waals surface area contributed by atoms with Gasteiger partial charge in [0.15, 0.2) is 0 Å². The Labute approximate surface area is 152 Å². The van der Waals surface area contributed by atoms with Gasteiger partial charge < -0.3 is 24.4 Å². The Kier molecular flexibility index (Phi) is 5.59. The van der Waals surface area contributed by atoms with Gasteiger partial charge in [0, 0.05) is 45.2 Å². The van der Waals surface area contributed by atoms with Gasteiger partial charge in [0.25, 0.3) is 0 Å². The number of likely N-dealkylation sites (N-methyl/N-ethyl adjacent to an activating group) is 1. The predicted molar refractivity (Wildman–Crippen MR) is 92.6 cm³/mol. The van der Waals surface area contributed by atoms with E-state index in [4.69, 9.17) is 14.7 Å². The smallest absolute Gasteiger partial charge is 0.410 e. The standard InChI is InChI=1S/C18H24N4O4/c1-2-22-13-18(26-17(22)24)5-8-21(9-6-18)11-15(23)12-25-16-14(10-19)4-3-7-20-16/h3-4,7,15,23H,2,5-6,8-9,11-13H2,1H3. The number of aromatic nitrogens is 1. The summed E-state index contributed by atoms with van der Waals surface area (Å²) in [5, 5.41) is 19.3. The summed E-state index contributed by atoms with van der Waals surface area (Å²) in [5.74, 6) is 0.240. The van der Waals surface area contributed by atoms with E-state index in [9.17, 15) is 9.90 Å². The highest BCUT2D eigenvalue weighted by atomic mass is 16.6. The molecular weight excluding hydrogens is 336 g/mol. The number of β-amino-alcohol motifs (C(OH)–C–C–N with tert-alkyl or cyclic N) is 1. The number of piperidine rings is 1. The highest BCUT2D eigenvalue weighted by Crippen LogP contribution is 2.33. The number of amides is 1. The maximum absolute atomic E-state index is 11.8. The first-order valence-electron chi connectivity index (χ1n) is 8.91. The number of carbonyl (C=O) groups excluding carboxylic acids is 1. The molecule has 1 spiro atoms. The third-order valence-corrected chi connectivity index (χ3v) is 4.96. The van der Waals surface area contributed by atoms with E-state index < -0.39 is 6.10 Å². The molecule has 0 bridgehead atoms. The van der Waals surface area contributed by atoms with Crippen LogP contribution in [0.2, 0.25) is 0 Å². The summed E-state index contributed by atoms with van der Waals surface area (Å²) in [6.07, 6.45) is 2.17. The summed E-state index contributed by atoms with van der Waals surface area (Å²) in [6, 6.07) is 5.31. The van der Waals surface area contributed by atoms with E-state index in [2.05, 4.69) is 9.88 Å². The first-order chi connectivity index (χ1) is 12.5. The van der Waals surface area contributed by atoms with Crippen LogP contribution in [0.25, 0.3) is 0 Å². The van der Waals surface area contributed by atoms with Crippen molar-refractivity contribution < 1.29 is 19.4 Å². The Balaban J connectivity index is 1.45. The molecule has 2 saturated heterocycles. The van der Waals surface area contributed by atoms with Crippen molar-refractivity contribution in [1.82, 2.24) is 14.8 Å². The van der Waals surface area contributed by atoms with Gasteiger partial charge in [-0.3, -0.25) is 0 Å². The molecule has 8 nitrogen and oxygen atoms in total. The third kappa shape index (κ3) is 4.06. The Morgan fingerprint density at radius 1 is 1.50 bits per heavy atom. The van der Waals surface area contributed by atoms with E-state index in [1.54, 1.807) is 23.2 Å². The van der Waals surface area contributed by atoms with Crippen LogP contribution >= 0.6 is 0 Å². The van der Waals surface area contributed by atoms with E-state index >= 15 is 0 Å². The Hall–Kier alpha value is -2.37. The number of nitrogens with zero attached hydrogens (tertiary/aromatic N) is 4. The van der Waals surface area contributed by atoms with Gasteiger partial charge in [-0.2, -0.15) is 5.26 Å². The van der Waals surface area contributed by atoms with Crippen LogP contribution < -0.4 is 4.74 Å². The third-order valence-electron chi connectivity index (χ3n) is 4.96. The van der Waals surface area contributed by atoms with Crippen LogP contribution in [0.5, 0.6) is 5.88 Å².